The van der Waals surface area contributed by atoms with Crippen molar-refractivity contribution in [2.45, 2.75) is 104 Å². The number of rotatable bonds is 39. The molecular weight excluding hydrogens is 1630 g/mol. The quantitative estimate of drug-likeness (QED) is 0.0357. The van der Waals surface area contributed by atoms with E-state index in [0.717, 1.165) is 138 Å². The number of ether oxygens (including phenoxy) is 2. The first-order valence-corrected chi connectivity index (χ1v) is 47.5. The third-order valence-electron chi connectivity index (χ3n) is 25.6. The Morgan fingerprint density at radius 1 is 0.194 bits per heavy atom. The van der Waals surface area contributed by atoms with Gasteiger partial charge < -0.3 is 29.1 Å². The highest BCUT2D eigenvalue weighted by Gasteiger charge is 2.23. The molecule has 0 bridgehead atoms. The van der Waals surface area contributed by atoms with E-state index in [1.807, 2.05) is 12.2 Å². The summed E-state index contributed by atoms with van der Waals surface area (Å²) in [4.78, 5) is 9.49. The number of para-hydroxylation sites is 4. The Morgan fingerprint density at radius 2 is 0.381 bits per heavy atom. The third kappa shape index (κ3) is 21.9. The third-order valence-corrected chi connectivity index (χ3v) is 25.6. The van der Waals surface area contributed by atoms with Crippen LogP contribution in [-0.2, 0) is 48.7 Å². The van der Waals surface area contributed by atoms with Gasteiger partial charge in [0.15, 0.2) is 0 Å². The largest absolute Gasteiger partial charge is 0.372 e. The van der Waals surface area contributed by atoms with E-state index in [-0.39, 0.29) is 0 Å². The van der Waals surface area contributed by atoms with Gasteiger partial charge in [0.1, 0.15) is 0 Å². The molecule has 0 saturated carbocycles. The molecule has 134 heavy (non-hydrogen) atoms. The van der Waals surface area contributed by atoms with Crippen LogP contribution in [0.1, 0.15) is 110 Å². The van der Waals surface area contributed by atoms with Crippen molar-refractivity contribution in [1.82, 2.24) is 0 Å². The molecule has 0 unspecified atom stereocenters. The molecule has 0 aliphatic heterocycles. The Balaban J connectivity index is 0.549. The standard InChI is InChI=1S/C128H114N4O2/c1-5-9-11-17-27-113-89-125(131(117-33-23-15-24-34-117)123-81-69-111(70-82-123)107-61-53-103(54-62-107)101-49-57-105(58-50-101)109-65-77-121(78-66-109)129(115-29-19-13-20-30-115)119-73-45-99(46-74-119)93-133-91-97-41-37-95(7-3)38-42-97)85-87-127(113)128-88-86-126(90-114(128)28-18-12-10-6-2)132(118-35-25-16-26-36-118)124-83-71-112(72-84-124)108-63-55-104(56-64-108)102-51-59-106(60-52-102)110-67-79-122(80-68-110)130(116-31-21-14-22-32-116)120-75-47-100(48-76-120)94-134-92-98-43-39-96(8-4)40-44-98/h7-8,13-16,19-26,29-90H,3-6,9-12,17-18,27-28,91-94H2,1-2H3. The molecule has 0 amide bonds. The number of nitrogens with zero attached hydrogens (tertiary/aromatic N) is 4. The molecule has 6 heteroatoms. The zero-order valence-corrected chi connectivity index (χ0v) is 76.8. The Hall–Kier alpha value is -15.4. The van der Waals surface area contributed by atoms with Gasteiger partial charge in [-0.2, -0.15) is 0 Å². The van der Waals surface area contributed by atoms with E-state index in [2.05, 4.69) is 496 Å². The van der Waals surface area contributed by atoms with Crippen LogP contribution < -0.4 is 19.6 Å². The summed E-state index contributed by atoms with van der Waals surface area (Å²) in [6.07, 6.45) is 15.1. The van der Waals surface area contributed by atoms with E-state index in [1.165, 1.54) is 116 Å². The minimum absolute atomic E-state index is 0.534. The predicted molar refractivity (Wildman–Crippen MR) is 569 cm³/mol. The van der Waals surface area contributed by atoms with Crippen molar-refractivity contribution >= 4 is 80.4 Å². The first kappa shape index (κ1) is 89.2. The monoisotopic (exact) mass is 1740 g/mol. The van der Waals surface area contributed by atoms with Crippen molar-refractivity contribution in [2.75, 3.05) is 19.6 Å². The van der Waals surface area contributed by atoms with Crippen LogP contribution in [0.15, 0.2) is 462 Å². The molecule has 0 heterocycles. The molecule has 0 spiro atoms. The Bertz CT molecular complexity index is 6380. The van der Waals surface area contributed by atoms with Gasteiger partial charge in [0.25, 0.3) is 0 Å². The number of hydrogen-bond acceptors (Lipinski definition) is 6. The van der Waals surface area contributed by atoms with E-state index in [0.29, 0.717) is 26.4 Å². The van der Waals surface area contributed by atoms with E-state index in [9.17, 15) is 0 Å². The van der Waals surface area contributed by atoms with Crippen LogP contribution in [0.2, 0.25) is 0 Å². The van der Waals surface area contributed by atoms with Gasteiger partial charge in [-0.1, -0.05) is 381 Å². The molecule has 0 N–H and O–H groups in total. The lowest BCUT2D eigenvalue weighted by Crippen LogP contribution is -2.11. The molecule has 0 aromatic heterocycles. The minimum atomic E-state index is 0.534. The maximum atomic E-state index is 6.13. The van der Waals surface area contributed by atoms with Crippen LogP contribution >= 0.6 is 0 Å². The van der Waals surface area contributed by atoms with Crippen molar-refractivity contribution in [2.24, 2.45) is 0 Å². The molecule has 658 valence electrons. The summed E-state index contributed by atoms with van der Waals surface area (Å²) in [5, 5.41) is 0. The smallest absolute Gasteiger partial charge is 0.0721 e. The van der Waals surface area contributed by atoms with Crippen molar-refractivity contribution in [3.63, 3.8) is 0 Å². The van der Waals surface area contributed by atoms with Crippen LogP contribution in [0.5, 0.6) is 0 Å². The molecular formula is C128H114N4O2. The highest BCUT2D eigenvalue weighted by molar-refractivity contribution is 5.87. The Morgan fingerprint density at radius 3 is 0.597 bits per heavy atom. The second-order valence-electron chi connectivity index (χ2n) is 34.7. The Labute approximate surface area is 793 Å². The number of benzene rings is 18. The van der Waals surface area contributed by atoms with Gasteiger partial charge in [0.05, 0.1) is 26.4 Å². The van der Waals surface area contributed by atoms with E-state index < -0.39 is 0 Å². The lowest BCUT2D eigenvalue weighted by molar-refractivity contribution is 0.107. The summed E-state index contributed by atoms with van der Waals surface area (Å²) in [6, 6.07) is 164. The van der Waals surface area contributed by atoms with Crippen molar-refractivity contribution in [3.8, 4) is 77.9 Å². The summed E-state index contributed by atoms with van der Waals surface area (Å²) in [6.45, 7) is 14.5. The first-order chi connectivity index (χ1) is 66.2. The summed E-state index contributed by atoms with van der Waals surface area (Å²) < 4.78 is 12.3. The molecule has 0 saturated heterocycles. The fourth-order valence-corrected chi connectivity index (χ4v) is 18.1. The SMILES string of the molecule is C=Cc1ccc(COCc2ccc(N(c3ccccc3)c3ccc(-c4ccc(-c5ccc(-c6ccc(N(c7ccccc7)c7ccc(-c8ccc(N(c9ccccc9)c9ccc(-c%10ccc(-c%11ccc(-c%12ccc(N(c%13ccccc%13)c%13ccc(COCc%14ccc(C=C)cc%14)cc%13)cc%12)cc%11)cc%10)cc9)cc8CCCCCC)c(CCCCCC)c7)cc6)cc5)cc4)cc3)cc2)cc1. The van der Waals surface area contributed by atoms with Crippen LogP contribution in [0.4, 0.5) is 68.2 Å². The van der Waals surface area contributed by atoms with Gasteiger partial charge in [-0.25, -0.2) is 0 Å². The lowest BCUT2D eigenvalue weighted by atomic mass is 9.89. The minimum Gasteiger partial charge on any atom is -0.372 e. The zero-order valence-electron chi connectivity index (χ0n) is 76.8. The molecule has 0 fully saturated rings. The van der Waals surface area contributed by atoms with Crippen molar-refractivity contribution in [3.05, 3.63) is 507 Å². The second kappa shape index (κ2) is 44.0. The molecule has 0 aliphatic carbocycles. The van der Waals surface area contributed by atoms with Gasteiger partial charge in [-0.15, -0.1) is 0 Å². The molecule has 18 aromatic carbocycles. The maximum Gasteiger partial charge on any atom is 0.0721 e. The van der Waals surface area contributed by atoms with Crippen LogP contribution in [-0.4, -0.2) is 0 Å². The van der Waals surface area contributed by atoms with Gasteiger partial charge in [-0.3, -0.25) is 0 Å². The van der Waals surface area contributed by atoms with Crippen LogP contribution in [0, 0.1) is 0 Å². The number of anilines is 12. The highest BCUT2D eigenvalue weighted by atomic mass is 16.5. The fourth-order valence-electron chi connectivity index (χ4n) is 18.1. The van der Waals surface area contributed by atoms with E-state index >= 15 is 0 Å². The van der Waals surface area contributed by atoms with Crippen LogP contribution in [0.25, 0.3) is 90.0 Å². The molecule has 18 aromatic rings. The average Bonchev–Trinajstić information content (AvgIpc) is 0.772. The molecule has 18 rings (SSSR count). The topological polar surface area (TPSA) is 31.4 Å². The van der Waals surface area contributed by atoms with Crippen molar-refractivity contribution < 1.29 is 9.47 Å². The summed E-state index contributed by atoms with van der Waals surface area (Å²) in [7, 11) is 0. The molecule has 0 radical (unpaired) electrons. The summed E-state index contributed by atoms with van der Waals surface area (Å²) >= 11 is 0. The summed E-state index contributed by atoms with van der Waals surface area (Å²) in [5.74, 6) is 0. The molecule has 0 atom stereocenters. The van der Waals surface area contributed by atoms with Gasteiger partial charge in [0.2, 0.25) is 0 Å². The first-order valence-electron chi connectivity index (χ1n) is 47.5. The number of unbranched alkanes of at least 4 members (excludes halogenated alkanes) is 6. The lowest BCUT2D eigenvalue weighted by Gasteiger charge is -2.28. The molecule has 0 aliphatic rings. The number of aryl methyl sites for hydroxylation is 2. The van der Waals surface area contributed by atoms with Crippen molar-refractivity contribution in [1.29, 1.82) is 0 Å². The van der Waals surface area contributed by atoms with E-state index in [1.54, 1.807) is 0 Å². The highest BCUT2D eigenvalue weighted by Crippen LogP contribution is 2.46. The van der Waals surface area contributed by atoms with Gasteiger partial charge in [-0.05, 0) is 294 Å². The normalized spacial score (nSPS) is 11.1. The fraction of sp³-hybridized carbons (Fsp3) is 0.125. The Kier molecular flexibility index (Phi) is 29.3. The number of hydrogen-bond donors (Lipinski definition) is 0. The van der Waals surface area contributed by atoms with Gasteiger partial charge >= 0.3 is 0 Å². The van der Waals surface area contributed by atoms with Gasteiger partial charge in [0, 0.05) is 68.2 Å². The predicted octanol–water partition coefficient (Wildman–Crippen LogP) is 36.2. The molecule has 6 nitrogen and oxygen atoms in total. The summed E-state index contributed by atoms with van der Waals surface area (Å²) in [5.41, 5.74) is 39.5. The average molecular weight is 1740 g/mol. The second-order valence-corrected chi connectivity index (χ2v) is 34.7. The van der Waals surface area contributed by atoms with E-state index in [4.69, 9.17) is 9.47 Å². The maximum absolute atomic E-state index is 6.13. The zero-order chi connectivity index (χ0) is 91.0. The van der Waals surface area contributed by atoms with Crippen LogP contribution in [0.3, 0.4) is 0 Å².